The van der Waals surface area contributed by atoms with Gasteiger partial charge in [0.2, 0.25) is 11.6 Å². The van der Waals surface area contributed by atoms with Crippen LogP contribution < -0.4 is 9.64 Å². The molecule has 37 heavy (non-hydrogen) atoms. The van der Waals surface area contributed by atoms with Gasteiger partial charge in [-0.2, -0.15) is 18.3 Å². The second-order valence-electron chi connectivity index (χ2n) is 9.80. The number of amides is 1. The second-order valence-corrected chi connectivity index (χ2v) is 9.80. The fourth-order valence-electron chi connectivity index (χ4n) is 5.50. The van der Waals surface area contributed by atoms with Crippen molar-refractivity contribution in [2.45, 2.75) is 25.9 Å². The second kappa shape index (κ2) is 9.14. The first-order chi connectivity index (χ1) is 17.6. The molecule has 0 saturated carbocycles. The fraction of sp³-hybridized carbons (Fsp3) is 0.370. The average molecular weight is 510 g/mol. The van der Waals surface area contributed by atoms with E-state index in [2.05, 4.69) is 26.5 Å². The molecule has 7 nitrogen and oxygen atoms in total. The number of H-pyrrole nitrogens is 1. The minimum atomic E-state index is -4.52. The lowest BCUT2D eigenvalue weighted by Crippen LogP contribution is -2.61. The van der Waals surface area contributed by atoms with E-state index < -0.39 is 12.8 Å². The lowest BCUT2D eigenvalue weighted by molar-refractivity contribution is -0.153. The van der Waals surface area contributed by atoms with Crippen molar-refractivity contribution in [1.29, 1.82) is 0 Å². The number of hydrogen-bond acceptors (Lipinski definition) is 4. The van der Waals surface area contributed by atoms with Gasteiger partial charge in [-0.1, -0.05) is 12.6 Å². The van der Waals surface area contributed by atoms with Gasteiger partial charge in [-0.15, -0.1) is 0 Å². The van der Waals surface area contributed by atoms with E-state index in [1.165, 1.54) is 12.1 Å². The smallest absolute Gasteiger partial charge is 0.422 e. The summed E-state index contributed by atoms with van der Waals surface area (Å²) in [5.41, 5.74) is 3.46. The number of alkyl halides is 3. The van der Waals surface area contributed by atoms with Gasteiger partial charge in [0.1, 0.15) is 5.75 Å². The molecule has 0 atom stereocenters. The van der Waals surface area contributed by atoms with Crippen molar-refractivity contribution in [3.63, 3.8) is 0 Å². The van der Waals surface area contributed by atoms with Crippen molar-refractivity contribution in [3.05, 3.63) is 60.1 Å². The summed E-state index contributed by atoms with van der Waals surface area (Å²) >= 11 is 0. The van der Waals surface area contributed by atoms with Gasteiger partial charge in [0, 0.05) is 48.2 Å². The largest absolute Gasteiger partial charge is 0.485 e. The van der Waals surface area contributed by atoms with E-state index in [-0.39, 0.29) is 22.8 Å². The van der Waals surface area contributed by atoms with Gasteiger partial charge < -0.3 is 14.5 Å². The van der Waals surface area contributed by atoms with Crippen LogP contribution in [0, 0.1) is 18.9 Å². The third-order valence-corrected chi connectivity index (χ3v) is 7.41. The number of nitrogens with one attached hydrogen (secondary N) is 1. The van der Waals surface area contributed by atoms with Crippen molar-refractivity contribution in [1.82, 2.24) is 15.1 Å². The van der Waals surface area contributed by atoms with Gasteiger partial charge >= 0.3 is 6.18 Å². The van der Waals surface area contributed by atoms with Crippen molar-refractivity contribution in [2.75, 3.05) is 37.7 Å². The summed E-state index contributed by atoms with van der Waals surface area (Å²) in [7, 11) is 0. The molecule has 2 fully saturated rings. The first-order valence-electron chi connectivity index (χ1n) is 12.0. The number of piperidine rings is 1. The summed E-state index contributed by atoms with van der Waals surface area (Å²) in [5.74, 6) is -0.0545. The Kier molecular flexibility index (Phi) is 6.10. The fourth-order valence-corrected chi connectivity index (χ4v) is 5.50. The molecule has 0 radical (unpaired) electrons. The van der Waals surface area contributed by atoms with E-state index in [0.717, 1.165) is 18.4 Å². The molecular weight excluding hydrogens is 483 g/mol. The molecule has 0 aliphatic carbocycles. The molecule has 2 aliphatic heterocycles. The summed E-state index contributed by atoms with van der Waals surface area (Å²) < 4.78 is 44.5. The summed E-state index contributed by atoms with van der Waals surface area (Å²) in [6, 6.07) is 6.91. The number of likely N-dealkylation sites (tertiary alicyclic amines) is 1. The number of ether oxygens (including phenoxy) is 1. The highest BCUT2D eigenvalue weighted by atomic mass is 19.4. The van der Waals surface area contributed by atoms with Crippen LogP contribution in [0.3, 0.4) is 0 Å². The molecule has 0 bridgehead atoms. The Morgan fingerprint density at radius 3 is 2.62 bits per heavy atom. The van der Waals surface area contributed by atoms with Crippen molar-refractivity contribution >= 4 is 28.2 Å². The SMILES string of the molecule is [C-]#[N+]c1c(N2CCC3(CC2)CN(C(=O)C=C)C3)ccc(OCC(F)(F)F)c1-c1c(C)ccc2[nH]ncc12. The topological polar surface area (TPSA) is 65.8 Å². The standard InChI is InChI=1S/C27H26F3N5O2/c1-4-22(36)35-14-26(15-35)9-11-34(12-10-26)20-7-8-21(37-16-27(28,29)30)24(25(20)31-3)23-17(2)5-6-19-18(23)13-32-33-19/h4-8,13H,1,9-12,14-16H2,2H3,(H,32,33). The number of benzene rings is 2. The first kappa shape index (κ1) is 24.7. The zero-order valence-corrected chi connectivity index (χ0v) is 20.4. The van der Waals surface area contributed by atoms with Crippen LogP contribution >= 0.6 is 0 Å². The summed E-state index contributed by atoms with van der Waals surface area (Å²) in [5, 5.41) is 7.70. The number of rotatable bonds is 5. The lowest BCUT2D eigenvalue weighted by atomic mass is 9.72. The maximum atomic E-state index is 13.1. The maximum absolute atomic E-state index is 13.1. The third kappa shape index (κ3) is 4.50. The molecule has 1 amide bonds. The molecule has 1 N–H and O–H groups in total. The van der Waals surface area contributed by atoms with E-state index in [4.69, 9.17) is 11.3 Å². The highest BCUT2D eigenvalue weighted by Crippen LogP contribution is 2.50. The monoisotopic (exact) mass is 509 g/mol. The van der Waals surface area contributed by atoms with E-state index in [9.17, 15) is 18.0 Å². The van der Waals surface area contributed by atoms with Crippen molar-refractivity contribution in [3.8, 4) is 16.9 Å². The molecule has 0 unspecified atom stereocenters. The molecule has 1 spiro atoms. The third-order valence-electron chi connectivity index (χ3n) is 7.41. The van der Waals surface area contributed by atoms with Crippen LogP contribution in [0.5, 0.6) is 5.75 Å². The number of aromatic nitrogens is 2. The van der Waals surface area contributed by atoms with Gasteiger partial charge in [-0.05, 0) is 55.2 Å². The zero-order valence-electron chi connectivity index (χ0n) is 20.4. The quantitative estimate of drug-likeness (QED) is 0.357. The predicted octanol–water partition coefficient (Wildman–Crippen LogP) is 5.65. The van der Waals surface area contributed by atoms with E-state index in [1.807, 2.05) is 19.1 Å². The highest BCUT2D eigenvalue weighted by molar-refractivity contribution is 6.04. The van der Waals surface area contributed by atoms with Crippen LogP contribution in [0.2, 0.25) is 0 Å². The number of aryl methyl sites for hydroxylation is 1. The maximum Gasteiger partial charge on any atom is 0.422 e. The van der Waals surface area contributed by atoms with Gasteiger partial charge in [0.05, 0.1) is 18.3 Å². The Hall–Kier alpha value is -4.00. The van der Waals surface area contributed by atoms with Gasteiger partial charge in [-0.3, -0.25) is 9.89 Å². The van der Waals surface area contributed by atoms with Crippen LogP contribution in [0.25, 0.3) is 26.9 Å². The number of aromatic amines is 1. The number of carbonyl (C=O) groups excluding carboxylic acids is 1. The zero-order chi connectivity index (χ0) is 26.4. The molecule has 1 aromatic heterocycles. The summed E-state index contributed by atoms with van der Waals surface area (Å²) in [4.78, 5) is 19.6. The van der Waals surface area contributed by atoms with Gasteiger partial charge in [0.25, 0.3) is 0 Å². The molecular formula is C27H26F3N5O2. The highest BCUT2D eigenvalue weighted by Gasteiger charge is 2.46. The molecule has 2 saturated heterocycles. The first-order valence-corrected chi connectivity index (χ1v) is 12.0. The van der Waals surface area contributed by atoms with Gasteiger partial charge in [-0.25, -0.2) is 4.85 Å². The van der Waals surface area contributed by atoms with Crippen molar-refractivity contribution in [2.24, 2.45) is 5.41 Å². The number of hydrogen-bond donors (Lipinski definition) is 1. The van der Waals surface area contributed by atoms with Gasteiger partial charge in [0.15, 0.2) is 6.61 Å². The Bertz CT molecular complexity index is 1410. The van der Waals surface area contributed by atoms with Crippen LogP contribution in [0.15, 0.2) is 43.1 Å². The van der Waals surface area contributed by atoms with E-state index in [1.54, 1.807) is 17.2 Å². The summed E-state index contributed by atoms with van der Waals surface area (Å²) in [6.07, 6.45) is 0.127. The van der Waals surface area contributed by atoms with E-state index >= 15 is 0 Å². The number of carbonyl (C=O) groups is 1. The molecule has 3 aromatic rings. The summed E-state index contributed by atoms with van der Waals surface area (Å²) in [6.45, 7) is 14.7. The number of fused-ring (bicyclic) bond motifs is 1. The Labute approximate surface area is 212 Å². The number of nitrogens with zero attached hydrogens (tertiary/aromatic N) is 4. The van der Waals surface area contributed by atoms with Crippen molar-refractivity contribution < 1.29 is 22.7 Å². The minimum absolute atomic E-state index is 0.00919. The Morgan fingerprint density at radius 2 is 1.97 bits per heavy atom. The Morgan fingerprint density at radius 1 is 1.24 bits per heavy atom. The van der Waals surface area contributed by atoms with Crippen LogP contribution in [0.1, 0.15) is 18.4 Å². The molecule has 5 rings (SSSR count). The predicted molar refractivity (Wildman–Crippen MR) is 135 cm³/mol. The Balaban J connectivity index is 1.53. The number of halogens is 3. The average Bonchev–Trinajstić information content (AvgIpc) is 3.33. The van der Waals surface area contributed by atoms with Crippen LogP contribution in [-0.2, 0) is 4.79 Å². The molecule has 3 heterocycles. The molecule has 2 aromatic carbocycles. The van der Waals surface area contributed by atoms with Crippen LogP contribution in [0.4, 0.5) is 24.5 Å². The normalized spacial score (nSPS) is 16.9. The minimum Gasteiger partial charge on any atom is -0.485 e. The van der Waals surface area contributed by atoms with Crippen LogP contribution in [-0.4, -0.2) is 60.0 Å². The lowest BCUT2D eigenvalue weighted by Gasteiger charge is -2.54. The molecule has 10 heteroatoms. The number of anilines is 1. The molecule has 2 aliphatic rings. The molecule has 192 valence electrons. The van der Waals surface area contributed by atoms with E-state index in [0.29, 0.717) is 53.9 Å².